The van der Waals surface area contributed by atoms with E-state index in [4.69, 9.17) is 11.6 Å². The molecule has 0 saturated carbocycles. The first-order valence-corrected chi connectivity index (χ1v) is 11.8. The highest BCUT2D eigenvalue weighted by Crippen LogP contribution is 2.30. The monoisotopic (exact) mass is 474 g/mol. The maximum absolute atomic E-state index is 12.9. The van der Waals surface area contributed by atoms with Crippen LogP contribution in [0.3, 0.4) is 0 Å². The Morgan fingerprint density at radius 1 is 1.09 bits per heavy atom. The van der Waals surface area contributed by atoms with E-state index in [9.17, 15) is 4.79 Å². The fourth-order valence-electron chi connectivity index (χ4n) is 4.37. The Morgan fingerprint density at radius 2 is 1.85 bits per heavy atom. The highest BCUT2D eigenvalue weighted by molar-refractivity contribution is 6.33. The Hall–Kier alpha value is -3.42. The number of pyridine rings is 1. The average molecular weight is 475 g/mol. The highest BCUT2D eigenvalue weighted by Gasteiger charge is 2.27. The summed E-state index contributed by atoms with van der Waals surface area (Å²) in [5.74, 6) is 1.32. The van der Waals surface area contributed by atoms with E-state index in [-0.39, 0.29) is 5.91 Å². The number of para-hydroxylation sites is 2. The van der Waals surface area contributed by atoms with Gasteiger partial charge in [-0.25, -0.2) is 9.97 Å². The number of rotatable bonds is 4. The summed E-state index contributed by atoms with van der Waals surface area (Å²) in [6.07, 6.45) is 1.63. The van der Waals surface area contributed by atoms with E-state index in [0.29, 0.717) is 34.2 Å². The second-order valence-corrected chi connectivity index (χ2v) is 9.33. The number of nitrogens with zero attached hydrogens (tertiary/aromatic N) is 4. The topological polar surface area (TPSA) is 77.1 Å². The zero-order valence-electron chi connectivity index (χ0n) is 19.4. The van der Waals surface area contributed by atoms with Crippen molar-refractivity contribution < 1.29 is 4.79 Å². The second kappa shape index (κ2) is 9.08. The quantitative estimate of drug-likeness (QED) is 0.432. The van der Waals surface area contributed by atoms with Gasteiger partial charge in [0.25, 0.3) is 5.91 Å². The predicted octanol–water partition coefficient (Wildman–Crippen LogP) is 5.06. The number of likely N-dealkylation sites (N-methyl/N-ethyl adjacent to an activating group) is 1. The highest BCUT2D eigenvalue weighted by atomic mass is 35.5. The Bertz CT molecular complexity index is 1290. The van der Waals surface area contributed by atoms with Crippen molar-refractivity contribution in [2.45, 2.75) is 25.9 Å². The fraction of sp³-hybridized carbons (Fsp3) is 0.269. The number of piperazine rings is 1. The van der Waals surface area contributed by atoms with Gasteiger partial charge in [-0.3, -0.25) is 9.69 Å². The van der Waals surface area contributed by atoms with Gasteiger partial charge in [0.1, 0.15) is 11.6 Å². The molecule has 5 rings (SSSR count). The van der Waals surface area contributed by atoms with Crippen molar-refractivity contribution >= 4 is 40.0 Å². The molecule has 8 heteroatoms. The third-order valence-corrected chi connectivity index (χ3v) is 6.89. The molecule has 0 radical (unpaired) electrons. The molecule has 2 N–H and O–H groups in total. The van der Waals surface area contributed by atoms with Gasteiger partial charge < -0.3 is 15.2 Å². The van der Waals surface area contributed by atoms with E-state index in [0.717, 1.165) is 35.5 Å². The zero-order chi connectivity index (χ0) is 23.8. The first-order valence-electron chi connectivity index (χ1n) is 11.4. The first-order chi connectivity index (χ1) is 16.4. The number of amides is 1. The molecular formula is C26H27ClN6O. The predicted molar refractivity (Wildman–Crippen MR) is 138 cm³/mol. The van der Waals surface area contributed by atoms with Crippen molar-refractivity contribution in [2.75, 3.05) is 30.4 Å². The maximum Gasteiger partial charge on any atom is 0.257 e. The van der Waals surface area contributed by atoms with Gasteiger partial charge in [0, 0.05) is 42.6 Å². The SMILES string of the molecule is C[C@@H]1CN(c2ccc(C(=O)Nc3ccc(Cl)c(-c4nc5ccccc5[nH]4)c3)cn2)C[C@H](C)N1C. The standard InChI is InChI=1S/C26H27ClN6O/c1-16-14-33(15-17(2)32(16)3)24-11-8-18(13-28-24)26(34)29-19-9-10-21(27)20(12-19)25-30-22-6-4-5-7-23(22)31-25/h4-13,16-17H,14-15H2,1-3H3,(H,29,34)(H,30,31)/t16-,17+. The second-order valence-electron chi connectivity index (χ2n) is 8.92. The van der Waals surface area contributed by atoms with Crippen LogP contribution < -0.4 is 10.2 Å². The number of fused-ring (bicyclic) bond motifs is 1. The zero-order valence-corrected chi connectivity index (χ0v) is 20.2. The number of H-pyrrole nitrogens is 1. The molecule has 1 amide bonds. The van der Waals surface area contributed by atoms with Crippen LogP contribution in [0.1, 0.15) is 24.2 Å². The number of halogens is 1. The molecule has 1 aliphatic rings. The summed E-state index contributed by atoms with van der Waals surface area (Å²) in [6, 6.07) is 17.8. The van der Waals surface area contributed by atoms with Crippen LogP contribution in [0.2, 0.25) is 5.02 Å². The summed E-state index contributed by atoms with van der Waals surface area (Å²) < 4.78 is 0. The van der Waals surface area contributed by atoms with Crippen LogP contribution in [0.5, 0.6) is 0 Å². The van der Waals surface area contributed by atoms with Crippen molar-refractivity contribution in [1.82, 2.24) is 19.9 Å². The number of imidazole rings is 1. The van der Waals surface area contributed by atoms with Crippen molar-refractivity contribution in [2.24, 2.45) is 0 Å². The van der Waals surface area contributed by atoms with Crippen LogP contribution in [0.25, 0.3) is 22.4 Å². The lowest BCUT2D eigenvalue weighted by atomic mass is 10.1. The Morgan fingerprint density at radius 3 is 2.56 bits per heavy atom. The van der Waals surface area contributed by atoms with Gasteiger partial charge in [-0.2, -0.15) is 0 Å². The van der Waals surface area contributed by atoms with E-state index in [1.54, 1.807) is 18.3 Å². The van der Waals surface area contributed by atoms with E-state index >= 15 is 0 Å². The van der Waals surface area contributed by atoms with Crippen molar-refractivity contribution in [3.8, 4) is 11.4 Å². The van der Waals surface area contributed by atoms with Crippen molar-refractivity contribution in [3.05, 3.63) is 71.4 Å². The van der Waals surface area contributed by atoms with Gasteiger partial charge in [-0.1, -0.05) is 23.7 Å². The van der Waals surface area contributed by atoms with Gasteiger partial charge in [-0.05, 0) is 63.4 Å². The summed E-state index contributed by atoms with van der Waals surface area (Å²) in [7, 11) is 2.16. The minimum Gasteiger partial charge on any atom is -0.354 e. The lowest BCUT2D eigenvalue weighted by Crippen LogP contribution is -2.55. The summed E-state index contributed by atoms with van der Waals surface area (Å²) in [5, 5.41) is 3.50. The normalized spacial score (nSPS) is 18.9. The average Bonchev–Trinajstić information content (AvgIpc) is 3.27. The van der Waals surface area contributed by atoms with Gasteiger partial charge >= 0.3 is 0 Å². The van der Waals surface area contributed by atoms with E-state index < -0.39 is 0 Å². The summed E-state index contributed by atoms with van der Waals surface area (Å²) in [4.78, 5) is 30.0. The third kappa shape index (κ3) is 4.36. The minimum absolute atomic E-state index is 0.225. The van der Waals surface area contributed by atoms with Crippen LogP contribution in [-0.4, -0.2) is 58.0 Å². The molecule has 0 bridgehead atoms. The number of nitrogens with one attached hydrogen (secondary N) is 2. The summed E-state index contributed by atoms with van der Waals surface area (Å²) >= 11 is 6.44. The lowest BCUT2D eigenvalue weighted by Gasteiger charge is -2.43. The molecule has 7 nitrogen and oxygen atoms in total. The number of carbonyl (C=O) groups is 1. The number of aromatic amines is 1. The molecule has 1 aliphatic heterocycles. The Balaban J connectivity index is 1.32. The summed E-state index contributed by atoms with van der Waals surface area (Å²) in [5.41, 5.74) is 3.65. The number of anilines is 2. The number of hydrogen-bond donors (Lipinski definition) is 2. The fourth-order valence-corrected chi connectivity index (χ4v) is 4.57. The molecule has 0 aliphatic carbocycles. The molecule has 3 heterocycles. The largest absolute Gasteiger partial charge is 0.354 e. The first kappa shape index (κ1) is 22.4. The van der Waals surface area contributed by atoms with Crippen LogP contribution >= 0.6 is 11.6 Å². The van der Waals surface area contributed by atoms with Crippen LogP contribution in [0.4, 0.5) is 11.5 Å². The van der Waals surface area contributed by atoms with Crippen molar-refractivity contribution in [3.63, 3.8) is 0 Å². The molecule has 0 unspecified atom stereocenters. The number of aromatic nitrogens is 3. The Labute approximate surface area is 203 Å². The van der Waals surface area contributed by atoms with Crippen molar-refractivity contribution in [1.29, 1.82) is 0 Å². The lowest BCUT2D eigenvalue weighted by molar-refractivity contribution is 0.102. The molecule has 1 fully saturated rings. The molecule has 4 aromatic rings. The number of hydrogen-bond acceptors (Lipinski definition) is 5. The molecule has 0 spiro atoms. The molecular weight excluding hydrogens is 448 g/mol. The molecule has 1 saturated heterocycles. The van der Waals surface area contributed by atoms with E-state index in [2.05, 4.69) is 51.0 Å². The number of benzene rings is 2. The minimum atomic E-state index is -0.225. The van der Waals surface area contributed by atoms with Crippen LogP contribution in [0.15, 0.2) is 60.8 Å². The smallest absolute Gasteiger partial charge is 0.257 e. The molecule has 2 atom stereocenters. The van der Waals surface area contributed by atoms with E-state index in [1.807, 2.05) is 42.5 Å². The van der Waals surface area contributed by atoms with Gasteiger partial charge in [0.2, 0.25) is 0 Å². The molecule has 2 aromatic heterocycles. The maximum atomic E-state index is 12.9. The number of carbonyl (C=O) groups excluding carboxylic acids is 1. The van der Waals surface area contributed by atoms with Gasteiger partial charge in [0.05, 0.1) is 21.6 Å². The van der Waals surface area contributed by atoms with Crippen LogP contribution in [0, 0.1) is 0 Å². The molecule has 174 valence electrons. The summed E-state index contributed by atoms with van der Waals surface area (Å²) in [6.45, 7) is 6.26. The van der Waals surface area contributed by atoms with Gasteiger partial charge in [0.15, 0.2) is 0 Å². The van der Waals surface area contributed by atoms with Gasteiger partial charge in [-0.15, -0.1) is 0 Å². The third-order valence-electron chi connectivity index (χ3n) is 6.56. The van der Waals surface area contributed by atoms with Crippen LogP contribution in [-0.2, 0) is 0 Å². The Kier molecular flexibility index (Phi) is 5.98. The van der Waals surface area contributed by atoms with E-state index in [1.165, 1.54) is 0 Å². The molecule has 34 heavy (non-hydrogen) atoms. The molecule has 2 aromatic carbocycles.